The molecular weight excluding hydrogens is 431 g/mol. The molecule has 0 saturated heterocycles. The van der Waals surface area contributed by atoms with Crippen LogP contribution >= 0.6 is 11.9 Å². The molecule has 1 unspecified atom stereocenters. The van der Waals surface area contributed by atoms with E-state index in [-0.39, 0.29) is 18.0 Å². The molecule has 1 aliphatic rings. The predicted octanol–water partition coefficient (Wildman–Crippen LogP) is 2.97. The molecule has 0 bridgehead atoms. The Kier molecular flexibility index (Phi) is 6.05. The maximum absolute atomic E-state index is 14.1. The minimum absolute atomic E-state index is 0.162. The average Bonchev–Trinajstić information content (AvgIpc) is 3.37. The zero-order valence-electron chi connectivity index (χ0n) is 16.6. The van der Waals surface area contributed by atoms with Gasteiger partial charge < -0.3 is 10.0 Å². The van der Waals surface area contributed by atoms with Crippen molar-refractivity contribution in [2.75, 3.05) is 6.61 Å². The minimum atomic E-state index is -2.48. The van der Waals surface area contributed by atoms with Gasteiger partial charge in [-0.3, -0.25) is 9.48 Å². The lowest BCUT2D eigenvalue weighted by Gasteiger charge is -2.22. The maximum atomic E-state index is 14.1. The fourth-order valence-electron chi connectivity index (χ4n) is 3.53. The van der Waals surface area contributed by atoms with Crippen molar-refractivity contribution in [2.24, 2.45) is 0 Å². The van der Waals surface area contributed by atoms with E-state index in [1.165, 1.54) is 39.7 Å². The summed E-state index contributed by atoms with van der Waals surface area (Å²) in [5.74, 6) is -1.88. The van der Waals surface area contributed by atoms with Crippen LogP contribution in [0.15, 0.2) is 41.7 Å². The molecule has 31 heavy (non-hydrogen) atoms. The molecule has 0 spiro atoms. The second-order valence-corrected chi connectivity index (χ2v) is 8.22. The van der Waals surface area contributed by atoms with Crippen molar-refractivity contribution in [1.82, 2.24) is 23.9 Å². The number of hydrogen-bond donors (Lipinski definition) is 1. The molecule has 0 aliphatic carbocycles. The second-order valence-electron chi connectivity index (χ2n) is 7.28. The van der Waals surface area contributed by atoms with E-state index in [2.05, 4.69) is 10.2 Å². The molecule has 11 heteroatoms. The Hall–Kier alpha value is -2.79. The van der Waals surface area contributed by atoms with Crippen LogP contribution in [0.2, 0.25) is 0 Å². The smallest absolute Gasteiger partial charge is 0.257 e. The van der Waals surface area contributed by atoms with Gasteiger partial charge in [0, 0.05) is 47.6 Å². The van der Waals surface area contributed by atoms with Gasteiger partial charge in [-0.25, -0.2) is 17.3 Å². The van der Waals surface area contributed by atoms with Crippen LogP contribution < -0.4 is 0 Å². The molecule has 164 valence electrons. The van der Waals surface area contributed by atoms with Crippen LogP contribution in [-0.2, 0) is 24.4 Å². The lowest BCUT2D eigenvalue weighted by Crippen LogP contribution is -2.33. The number of halogens is 3. The van der Waals surface area contributed by atoms with Crippen molar-refractivity contribution >= 4 is 17.9 Å². The molecule has 2 aromatic heterocycles. The van der Waals surface area contributed by atoms with E-state index in [4.69, 9.17) is 0 Å². The van der Waals surface area contributed by atoms with Crippen LogP contribution in [0.3, 0.4) is 0 Å². The van der Waals surface area contributed by atoms with E-state index in [1.807, 2.05) is 0 Å². The number of alkyl halides is 2. The van der Waals surface area contributed by atoms with Gasteiger partial charge >= 0.3 is 0 Å². The standard InChI is InChI=1S/C20H20F3N5O2S/c1-12-6-27(10-18(22)23)25-19(12)31-28-8-13-7-26(9-17(13)24-28)20(30)15(11-29)14-4-2-3-5-16(14)21/h2-6,8,15,18,29H,7,9-11H2,1H3. The van der Waals surface area contributed by atoms with Gasteiger partial charge in [-0.2, -0.15) is 10.2 Å². The number of fused-ring (bicyclic) bond motifs is 1. The molecule has 4 rings (SSSR count). The summed E-state index contributed by atoms with van der Waals surface area (Å²) in [7, 11) is 0. The van der Waals surface area contributed by atoms with E-state index in [0.29, 0.717) is 17.3 Å². The molecule has 1 atom stereocenters. The van der Waals surface area contributed by atoms with Crippen LogP contribution in [0, 0.1) is 12.7 Å². The first kappa shape index (κ1) is 21.4. The van der Waals surface area contributed by atoms with Gasteiger partial charge in [0.2, 0.25) is 5.91 Å². The summed E-state index contributed by atoms with van der Waals surface area (Å²) in [4.78, 5) is 14.4. The van der Waals surface area contributed by atoms with E-state index in [9.17, 15) is 23.1 Å². The van der Waals surface area contributed by atoms with Crippen molar-refractivity contribution in [3.63, 3.8) is 0 Å². The van der Waals surface area contributed by atoms with Crippen molar-refractivity contribution in [1.29, 1.82) is 0 Å². The summed E-state index contributed by atoms with van der Waals surface area (Å²) < 4.78 is 42.0. The van der Waals surface area contributed by atoms with Crippen molar-refractivity contribution in [3.8, 4) is 0 Å². The van der Waals surface area contributed by atoms with E-state index >= 15 is 0 Å². The summed E-state index contributed by atoms with van der Waals surface area (Å²) in [5.41, 5.74) is 2.44. The van der Waals surface area contributed by atoms with Gasteiger partial charge in [0.1, 0.15) is 17.4 Å². The van der Waals surface area contributed by atoms with Crippen LogP contribution in [0.1, 0.15) is 28.3 Å². The van der Waals surface area contributed by atoms with Crippen molar-refractivity contribution in [2.45, 2.75) is 43.9 Å². The van der Waals surface area contributed by atoms with E-state index < -0.39 is 31.3 Å². The van der Waals surface area contributed by atoms with Crippen LogP contribution in [-0.4, -0.2) is 47.9 Å². The topological polar surface area (TPSA) is 76.2 Å². The molecule has 1 aromatic carbocycles. The van der Waals surface area contributed by atoms with Crippen LogP contribution in [0.25, 0.3) is 0 Å². The summed E-state index contributed by atoms with van der Waals surface area (Å²) in [5, 5.41) is 18.9. The Balaban J connectivity index is 1.44. The van der Waals surface area contributed by atoms with E-state index in [0.717, 1.165) is 11.1 Å². The molecule has 3 heterocycles. The van der Waals surface area contributed by atoms with E-state index in [1.54, 1.807) is 29.5 Å². The fraction of sp³-hybridized carbons (Fsp3) is 0.350. The van der Waals surface area contributed by atoms with Gasteiger partial charge in [-0.1, -0.05) is 18.2 Å². The summed E-state index contributed by atoms with van der Waals surface area (Å²) in [6.07, 6.45) is 0.834. The Bertz CT molecular complexity index is 1080. The average molecular weight is 451 g/mol. The zero-order chi connectivity index (χ0) is 22.1. The molecule has 0 saturated carbocycles. The summed E-state index contributed by atoms with van der Waals surface area (Å²) in [6, 6.07) is 5.91. The highest BCUT2D eigenvalue weighted by Crippen LogP contribution is 2.30. The first-order valence-electron chi connectivity index (χ1n) is 9.57. The number of hydrogen-bond acceptors (Lipinski definition) is 5. The molecule has 1 aliphatic heterocycles. The molecule has 1 N–H and O–H groups in total. The highest BCUT2D eigenvalue weighted by atomic mass is 32.2. The number of aromatic nitrogens is 4. The van der Waals surface area contributed by atoms with Gasteiger partial charge in [-0.15, -0.1) is 0 Å². The highest BCUT2D eigenvalue weighted by molar-refractivity contribution is 7.97. The van der Waals surface area contributed by atoms with Crippen LogP contribution in [0.4, 0.5) is 13.2 Å². The molecular formula is C20H20F3N5O2S. The number of benzene rings is 1. The van der Waals surface area contributed by atoms with Gasteiger partial charge in [0.25, 0.3) is 6.43 Å². The van der Waals surface area contributed by atoms with Crippen LogP contribution in [0.5, 0.6) is 0 Å². The third kappa shape index (κ3) is 4.47. The number of aliphatic hydroxyl groups is 1. The number of carbonyl (C=O) groups excluding carboxylic acids is 1. The Morgan fingerprint density at radius 2 is 2.00 bits per heavy atom. The monoisotopic (exact) mass is 451 g/mol. The van der Waals surface area contributed by atoms with Crippen molar-refractivity contribution in [3.05, 3.63) is 64.9 Å². The number of carbonyl (C=O) groups is 1. The third-order valence-electron chi connectivity index (χ3n) is 5.04. The Labute approximate surface area is 180 Å². The molecule has 0 radical (unpaired) electrons. The largest absolute Gasteiger partial charge is 0.395 e. The van der Waals surface area contributed by atoms with Gasteiger partial charge in [0.15, 0.2) is 0 Å². The fourth-order valence-corrected chi connectivity index (χ4v) is 4.37. The lowest BCUT2D eigenvalue weighted by molar-refractivity contribution is -0.134. The summed E-state index contributed by atoms with van der Waals surface area (Å²) in [6.45, 7) is 1.35. The second kappa shape index (κ2) is 8.75. The molecule has 3 aromatic rings. The SMILES string of the molecule is Cc1cn(CC(F)F)nc1Sn1cc2c(n1)CN(C(=O)C(CO)c1ccccc1F)C2. The highest BCUT2D eigenvalue weighted by Gasteiger charge is 2.33. The number of aliphatic hydroxyl groups excluding tert-OH is 1. The number of amides is 1. The molecule has 0 fully saturated rings. The van der Waals surface area contributed by atoms with Crippen molar-refractivity contribution < 1.29 is 23.1 Å². The number of nitrogens with zero attached hydrogens (tertiary/aromatic N) is 5. The normalized spacial score (nSPS) is 14.3. The Morgan fingerprint density at radius 1 is 1.23 bits per heavy atom. The number of rotatable bonds is 7. The quantitative estimate of drug-likeness (QED) is 0.598. The Morgan fingerprint density at radius 3 is 2.68 bits per heavy atom. The lowest BCUT2D eigenvalue weighted by atomic mass is 9.98. The maximum Gasteiger partial charge on any atom is 0.257 e. The predicted molar refractivity (Wildman–Crippen MR) is 107 cm³/mol. The first-order valence-corrected chi connectivity index (χ1v) is 10.3. The molecule has 1 amide bonds. The minimum Gasteiger partial charge on any atom is -0.395 e. The van der Waals surface area contributed by atoms with Gasteiger partial charge in [0.05, 0.1) is 24.8 Å². The summed E-state index contributed by atoms with van der Waals surface area (Å²) >= 11 is 1.20. The third-order valence-corrected chi connectivity index (χ3v) is 5.99. The first-order chi connectivity index (χ1) is 14.9. The molecule has 7 nitrogen and oxygen atoms in total. The van der Waals surface area contributed by atoms with Gasteiger partial charge in [-0.05, 0) is 13.0 Å². The zero-order valence-corrected chi connectivity index (χ0v) is 17.4. The number of aryl methyl sites for hydroxylation is 1.